The van der Waals surface area contributed by atoms with Gasteiger partial charge in [-0.15, -0.1) is 11.8 Å². The Balaban J connectivity index is 3.49. The summed E-state index contributed by atoms with van der Waals surface area (Å²) in [5.41, 5.74) is 0. The Morgan fingerprint density at radius 3 is 2.00 bits per heavy atom. The molecule has 0 radical (unpaired) electrons. The van der Waals surface area contributed by atoms with Crippen LogP contribution in [0.3, 0.4) is 0 Å². The molecule has 0 aliphatic heterocycles. The molecule has 0 unspecified atom stereocenters. The van der Waals surface area contributed by atoms with Crippen LogP contribution < -0.4 is 0 Å². The molecule has 0 aliphatic rings. The van der Waals surface area contributed by atoms with Gasteiger partial charge in [0, 0.05) is 0 Å². The van der Waals surface area contributed by atoms with Crippen LogP contribution in [0.4, 0.5) is 0 Å². The van der Waals surface area contributed by atoms with Gasteiger partial charge in [0.1, 0.15) is 0 Å². The van der Waals surface area contributed by atoms with Gasteiger partial charge in [-0.3, -0.25) is 0 Å². The fourth-order valence-electron chi connectivity index (χ4n) is 2.06. The second kappa shape index (κ2) is 15.1. The molecule has 1 heteroatoms. The highest BCUT2D eigenvalue weighted by Gasteiger charge is 1.98. The maximum atomic E-state index is 2.44. The summed E-state index contributed by atoms with van der Waals surface area (Å²) in [6.07, 6.45) is 17.6. The van der Waals surface area contributed by atoms with E-state index in [1.165, 1.54) is 76.4 Å². The highest BCUT2D eigenvalue weighted by Crippen LogP contribution is 2.24. The summed E-state index contributed by atoms with van der Waals surface area (Å²) in [6, 6.07) is 0. The van der Waals surface area contributed by atoms with Crippen LogP contribution in [0, 0.1) is 0 Å². The first-order chi connectivity index (χ1) is 8.85. The van der Waals surface area contributed by atoms with Gasteiger partial charge < -0.3 is 0 Å². The minimum absolute atomic E-state index is 1.20. The van der Waals surface area contributed by atoms with Crippen molar-refractivity contribution in [1.29, 1.82) is 0 Å². The van der Waals surface area contributed by atoms with Crippen molar-refractivity contribution in [3.63, 3.8) is 0 Å². The standard InChI is InChI=1S/C17H34S/c1-4-7-9-10-11-12-13-15-17(14-6-3)18-16-8-5-2/h14H,4-13,15-16H2,1-3H3. The summed E-state index contributed by atoms with van der Waals surface area (Å²) in [5, 5.41) is 0. The average molecular weight is 271 g/mol. The second-order valence-electron chi connectivity index (χ2n) is 5.15. The Bertz CT molecular complexity index is 184. The smallest absolute Gasteiger partial charge is 0.00235 e. The minimum atomic E-state index is 1.20. The molecule has 18 heavy (non-hydrogen) atoms. The Hall–Kier alpha value is 0.0900. The van der Waals surface area contributed by atoms with Gasteiger partial charge in [-0.2, -0.15) is 0 Å². The monoisotopic (exact) mass is 270 g/mol. The Labute approximate surface area is 120 Å². The molecule has 0 aromatic carbocycles. The third-order valence-electron chi connectivity index (χ3n) is 3.24. The summed E-state index contributed by atoms with van der Waals surface area (Å²) >= 11 is 2.10. The van der Waals surface area contributed by atoms with Gasteiger partial charge in [-0.25, -0.2) is 0 Å². The number of allylic oxidation sites excluding steroid dienone is 2. The highest BCUT2D eigenvalue weighted by atomic mass is 32.2. The van der Waals surface area contributed by atoms with Crippen LogP contribution in [0.15, 0.2) is 11.0 Å². The van der Waals surface area contributed by atoms with Crippen LogP contribution in [0.2, 0.25) is 0 Å². The predicted molar refractivity (Wildman–Crippen MR) is 88.4 cm³/mol. The summed E-state index contributed by atoms with van der Waals surface area (Å²) in [7, 11) is 0. The fraction of sp³-hybridized carbons (Fsp3) is 0.882. The van der Waals surface area contributed by atoms with Crippen LogP contribution >= 0.6 is 11.8 Å². The van der Waals surface area contributed by atoms with Gasteiger partial charge in [0.05, 0.1) is 0 Å². The molecule has 0 nitrogen and oxygen atoms in total. The van der Waals surface area contributed by atoms with E-state index < -0.39 is 0 Å². The van der Waals surface area contributed by atoms with Gasteiger partial charge in [0.15, 0.2) is 0 Å². The lowest BCUT2D eigenvalue weighted by Gasteiger charge is -2.07. The molecule has 0 heterocycles. The fourth-order valence-corrected chi connectivity index (χ4v) is 3.33. The third kappa shape index (κ3) is 12.5. The van der Waals surface area contributed by atoms with Gasteiger partial charge >= 0.3 is 0 Å². The molecule has 108 valence electrons. The van der Waals surface area contributed by atoms with Crippen LogP contribution in [0.25, 0.3) is 0 Å². The zero-order valence-electron chi connectivity index (χ0n) is 13.0. The molecule has 0 saturated carbocycles. The average Bonchev–Trinajstić information content (AvgIpc) is 2.38. The molecule has 0 N–H and O–H groups in total. The molecule has 0 aromatic rings. The van der Waals surface area contributed by atoms with Gasteiger partial charge in [0.25, 0.3) is 0 Å². The first-order valence-corrected chi connectivity index (χ1v) is 9.15. The van der Waals surface area contributed by atoms with E-state index in [0.717, 1.165) is 0 Å². The number of hydrogen-bond donors (Lipinski definition) is 0. The van der Waals surface area contributed by atoms with Crippen LogP contribution in [0.1, 0.15) is 91.4 Å². The van der Waals surface area contributed by atoms with Gasteiger partial charge in [-0.1, -0.05) is 71.8 Å². The van der Waals surface area contributed by atoms with Crippen LogP contribution in [-0.2, 0) is 0 Å². The molecule has 0 amide bonds. The summed E-state index contributed by atoms with van der Waals surface area (Å²) in [4.78, 5) is 1.65. The molecule has 0 fully saturated rings. The molecule has 0 aliphatic carbocycles. The zero-order chi connectivity index (χ0) is 13.5. The Kier molecular flexibility index (Phi) is 15.2. The van der Waals surface area contributed by atoms with Crippen molar-refractivity contribution in [1.82, 2.24) is 0 Å². The van der Waals surface area contributed by atoms with Crippen molar-refractivity contribution in [2.24, 2.45) is 0 Å². The van der Waals surface area contributed by atoms with E-state index in [0.29, 0.717) is 0 Å². The van der Waals surface area contributed by atoms with Crippen molar-refractivity contribution >= 4 is 11.8 Å². The second-order valence-corrected chi connectivity index (χ2v) is 6.37. The predicted octanol–water partition coefficient (Wildman–Crippen LogP) is 6.95. The number of hydrogen-bond acceptors (Lipinski definition) is 1. The number of thioether (sulfide) groups is 1. The van der Waals surface area contributed by atoms with Crippen molar-refractivity contribution in [3.05, 3.63) is 11.0 Å². The minimum Gasteiger partial charge on any atom is -0.131 e. The molecular formula is C17H34S. The maximum Gasteiger partial charge on any atom is -0.00235 e. The van der Waals surface area contributed by atoms with Gasteiger partial charge in [-0.05, 0) is 36.3 Å². The van der Waals surface area contributed by atoms with Crippen molar-refractivity contribution in [2.75, 3.05) is 5.75 Å². The first kappa shape index (κ1) is 18.1. The lowest BCUT2D eigenvalue weighted by molar-refractivity contribution is 0.591. The van der Waals surface area contributed by atoms with Crippen molar-refractivity contribution in [2.45, 2.75) is 91.4 Å². The van der Waals surface area contributed by atoms with Crippen molar-refractivity contribution in [3.8, 4) is 0 Å². The summed E-state index contributed by atoms with van der Waals surface area (Å²) < 4.78 is 0. The lowest BCUT2D eigenvalue weighted by atomic mass is 10.1. The lowest BCUT2D eigenvalue weighted by Crippen LogP contribution is -1.85. The number of rotatable bonds is 13. The molecule has 0 atom stereocenters. The topological polar surface area (TPSA) is 0 Å². The summed E-state index contributed by atoms with van der Waals surface area (Å²) in [6.45, 7) is 6.82. The first-order valence-electron chi connectivity index (χ1n) is 8.16. The van der Waals surface area contributed by atoms with E-state index in [1.54, 1.807) is 4.91 Å². The molecular weight excluding hydrogens is 236 g/mol. The summed E-state index contributed by atoms with van der Waals surface area (Å²) in [5.74, 6) is 1.32. The van der Waals surface area contributed by atoms with Gasteiger partial charge in [0.2, 0.25) is 0 Å². The SMILES string of the molecule is CCC=C(CCCCCCCCC)SCCCC. The largest absolute Gasteiger partial charge is 0.131 e. The van der Waals surface area contributed by atoms with E-state index in [2.05, 4.69) is 38.6 Å². The van der Waals surface area contributed by atoms with Crippen LogP contribution in [0.5, 0.6) is 0 Å². The molecule has 0 rings (SSSR count). The Morgan fingerprint density at radius 2 is 1.39 bits per heavy atom. The molecule has 0 saturated heterocycles. The molecule has 0 aromatic heterocycles. The van der Waals surface area contributed by atoms with E-state index in [1.807, 2.05) is 0 Å². The quantitative estimate of drug-likeness (QED) is 0.326. The molecule has 0 bridgehead atoms. The van der Waals surface area contributed by atoms with Crippen LogP contribution in [-0.4, -0.2) is 5.75 Å². The highest BCUT2D eigenvalue weighted by molar-refractivity contribution is 8.03. The Morgan fingerprint density at radius 1 is 0.778 bits per heavy atom. The van der Waals surface area contributed by atoms with E-state index in [4.69, 9.17) is 0 Å². The normalized spacial score (nSPS) is 12.1. The zero-order valence-corrected chi connectivity index (χ0v) is 13.8. The number of unbranched alkanes of at least 4 members (excludes halogenated alkanes) is 7. The maximum absolute atomic E-state index is 2.44. The van der Waals surface area contributed by atoms with E-state index in [9.17, 15) is 0 Å². The van der Waals surface area contributed by atoms with Crippen molar-refractivity contribution < 1.29 is 0 Å². The molecule has 0 spiro atoms. The van der Waals surface area contributed by atoms with E-state index >= 15 is 0 Å². The van der Waals surface area contributed by atoms with E-state index in [-0.39, 0.29) is 0 Å². The third-order valence-corrected chi connectivity index (χ3v) is 4.48.